The maximum Gasteiger partial charge on any atom is 0.419 e. The van der Waals surface area contributed by atoms with Crippen molar-refractivity contribution in [2.24, 2.45) is 5.92 Å². The maximum atomic E-state index is 12.5. The summed E-state index contributed by atoms with van der Waals surface area (Å²) in [5.74, 6) is 0.172. The zero-order valence-corrected chi connectivity index (χ0v) is 14.8. The third-order valence-corrected chi connectivity index (χ3v) is 5.27. The van der Waals surface area contributed by atoms with E-state index in [2.05, 4.69) is 0 Å². The number of carbonyl (C=O) groups is 1. The summed E-state index contributed by atoms with van der Waals surface area (Å²) in [6.07, 6.45) is 2.81. The molecule has 0 aliphatic carbocycles. The average Bonchev–Trinajstić information content (AvgIpc) is 3.30. The van der Waals surface area contributed by atoms with Crippen molar-refractivity contribution in [3.8, 4) is 0 Å². The standard InChI is InChI=1S/C19H24N2O5/c22-17(20-10-7-14(8-11-20)18-24-12-13-25-18)6-3-9-21-15-4-1-2-5-16(15)26-19(21)23/h1-2,4-5,14,18H,3,6-13H2. The molecule has 0 radical (unpaired) electrons. The minimum absolute atomic E-state index is 0.0894. The van der Waals surface area contributed by atoms with Gasteiger partial charge in [0.05, 0.1) is 18.7 Å². The van der Waals surface area contributed by atoms with Crippen molar-refractivity contribution in [3.05, 3.63) is 34.8 Å². The number of aromatic nitrogens is 1. The Kier molecular flexibility index (Phi) is 5.08. The highest BCUT2D eigenvalue weighted by molar-refractivity contribution is 5.76. The number of para-hydroxylation sites is 2. The summed E-state index contributed by atoms with van der Waals surface area (Å²) >= 11 is 0. The molecule has 7 nitrogen and oxygen atoms in total. The summed E-state index contributed by atoms with van der Waals surface area (Å²) in [5, 5.41) is 0. The van der Waals surface area contributed by atoms with Gasteiger partial charge in [-0.1, -0.05) is 12.1 Å². The lowest BCUT2D eigenvalue weighted by molar-refractivity contribution is -0.137. The van der Waals surface area contributed by atoms with Crippen LogP contribution in [0.2, 0.25) is 0 Å². The number of nitrogens with zero attached hydrogens (tertiary/aromatic N) is 2. The smallest absolute Gasteiger partial charge is 0.408 e. The Morgan fingerprint density at radius 2 is 1.85 bits per heavy atom. The van der Waals surface area contributed by atoms with Gasteiger partial charge in [-0.15, -0.1) is 0 Å². The van der Waals surface area contributed by atoms with Crippen molar-refractivity contribution < 1.29 is 18.7 Å². The van der Waals surface area contributed by atoms with Crippen LogP contribution >= 0.6 is 0 Å². The molecule has 140 valence electrons. The molecule has 2 aromatic rings. The first kappa shape index (κ1) is 17.3. The molecule has 2 aliphatic heterocycles. The van der Waals surface area contributed by atoms with Gasteiger partial charge < -0.3 is 18.8 Å². The summed E-state index contributed by atoms with van der Waals surface area (Å²) in [6.45, 7) is 3.34. The second-order valence-corrected chi connectivity index (χ2v) is 6.92. The molecule has 4 rings (SSSR count). The molecule has 0 bridgehead atoms. The van der Waals surface area contributed by atoms with Gasteiger partial charge in [0.2, 0.25) is 5.91 Å². The summed E-state index contributed by atoms with van der Waals surface area (Å²) in [5.41, 5.74) is 1.37. The number of aryl methyl sites for hydroxylation is 1. The fraction of sp³-hybridized carbons (Fsp3) is 0.579. The van der Waals surface area contributed by atoms with Crippen LogP contribution in [0.5, 0.6) is 0 Å². The highest BCUT2D eigenvalue weighted by atomic mass is 16.7. The minimum atomic E-state index is -0.365. The van der Waals surface area contributed by atoms with Gasteiger partial charge in [0.1, 0.15) is 0 Å². The molecule has 3 heterocycles. The molecule has 0 spiro atoms. The van der Waals surface area contributed by atoms with Gasteiger partial charge in [-0.25, -0.2) is 4.79 Å². The Morgan fingerprint density at radius 3 is 2.62 bits per heavy atom. The Hall–Kier alpha value is -2.12. The van der Waals surface area contributed by atoms with E-state index in [1.165, 1.54) is 0 Å². The zero-order chi connectivity index (χ0) is 17.9. The molecular formula is C19H24N2O5. The fourth-order valence-corrected chi connectivity index (χ4v) is 3.84. The number of amides is 1. The lowest BCUT2D eigenvalue weighted by Crippen LogP contribution is -2.41. The van der Waals surface area contributed by atoms with Crippen LogP contribution in [0.3, 0.4) is 0 Å². The van der Waals surface area contributed by atoms with E-state index >= 15 is 0 Å². The Balaban J connectivity index is 1.26. The monoisotopic (exact) mass is 360 g/mol. The highest BCUT2D eigenvalue weighted by Gasteiger charge is 2.31. The van der Waals surface area contributed by atoms with E-state index in [9.17, 15) is 9.59 Å². The quantitative estimate of drug-likeness (QED) is 0.815. The summed E-state index contributed by atoms with van der Waals surface area (Å²) in [4.78, 5) is 26.3. The van der Waals surface area contributed by atoms with Crippen molar-refractivity contribution in [3.63, 3.8) is 0 Å². The molecule has 26 heavy (non-hydrogen) atoms. The van der Waals surface area contributed by atoms with E-state index in [0.717, 1.165) is 31.4 Å². The maximum absolute atomic E-state index is 12.5. The molecule has 1 aromatic heterocycles. The van der Waals surface area contributed by atoms with E-state index in [4.69, 9.17) is 13.9 Å². The largest absolute Gasteiger partial charge is 0.419 e. The summed E-state index contributed by atoms with van der Waals surface area (Å²) in [7, 11) is 0. The van der Waals surface area contributed by atoms with Crippen LogP contribution in [0.25, 0.3) is 11.1 Å². The van der Waals surface area contributed by atoms with Gasteiger partial charge >= 0.3 is 5.76 Å². The Bertz CT molecular complexity index is 813. The number of oxazole rings is 1. The minimum Gasteiger partial charge on any atom is -0.408 e. The molecule has 7 heteroatoms. The molecule has 0 N–H and O–H groups in total. The average molecular weight is 360 g/mol. The first-order chi connectivity index (χ1) is 12.7. The van der Waals surface area contributed by atoms with Crippen molar-refractivity contribution in [2.45, 2.75) is 38.5 Å². The number of carbonyl (C=O) groups excluding carboxylic acids is 1. The molecule has 2 aliphatic rings. The lowest BCUT2D eigenvalue weighted by atomic mass is 9.96. The summed E-state index contributed by atoms with van der Waals surface area (Å²) < 4.78 is 18.0. The van der Waals surface area contributed by atoms with Crippen molar-refractivity contribution in [2.75, 3.05) is 26.3 Å². The SMILES string of the molecule is O=C(CCCn1c(=O)oc2ccccc21)N1CCC(C2OCCO2)CC1. The second kappa shape index (κ2) is 7.63. The van der Waals surface area contributed by atoms with Crippen LogP contribution in [0.15, 0.2) is 33.5 Å². The first-order valence-corrected chi connectivity index (χ1v) is 9.32. The number of likely N-dealkylation sites (tertiary alicyclic amines) is 1. The molecule has 0 unspecified atom stereocenters. The molecular weight excluding hydrogens is 336 g/mol. The van der Waals surface area contributed by atoms with Crippen LogP contribution < -0.4 is 5.76 Å². The molecule has 2 saturated heterocycles. The highest BCUT2D eigenvalue weighted by Crippen LogP contribution is 2.26. The molecule has 0 saturated carbocycles. The zero-order valence-electron chi connectivity index (χ0n) is 14.8. The number of fused-ring (bicyclic) bond motifs is 1. The van der Waals surface area contributed by atoms with E-state index < -0.39 is 0 Å². The molecule has 0 atom stereocenters. The topological polar surface area (TPSA) is 73.9 Å². The summed E-state index contributed by atoms with van der Waals surface area (Å²) in [6, 6.07) is 7.35. The molecule has 2 fully saturated rings. The number of hydrogen-bond donors (Lipinski definition) is 0. The third kappa shape index (κ3) is 3.54. The normalized spacial score (nSPS) is 19.5. The van der Waals surface area contributed by atoms with Crippen LogP contribution in [0.1, 0.15) is 25.7 Å². The number of rotatable bonds is 5. The number of hydrogen-bond acceptors (Lipinski definition) is 5. The third-order valence-electron chi connectivity index (χ3n) is 5.27. The predicted molar refractivity (Wildman–Crippen MR) is 94.7 cm³/mol. The van der Waals surface area contributed by atoms with E-state index in [-0.39, 0.29) is 18.0 Å². The van der Waals surface area contributed by atoms with Crippen molar-refractivity contribution in [1.29, 1.82) is 0 Å². The van der Waals surface area contributed by atoms with Gasteiger partial charge in [0.25, 0.3) is 0 Å². The van der Waals surface area contributed by atoms with E-state index in [1.54, 1.807) is 10.6 Å². The van der Waals surface area contributed by atoms with Crippen LogP contribution in [-0.4, -0.2) is 48.0 Å². The van der Waals surface area contributed by atoms with Crippen molar-refractivity contribution >= 4 is 17.0 Å². The number of benzene rings is 1. The molecule has 1 aromatic carbocycles. The van der Waals surface area contributed by atoms with Crippen LogP contribution in [0, 0.1) is 5.92 Å². The fourth-order valence-electron chi connectivity index (χ4n) is 3.84. The predicted octanol–water partition coefficient (Wildman–Crippen LogP) is 1.99. The van der Waals surface area contributed by atoms with E-state index in [1.807, 2.05) is 23.1 Å². The van der Waals surface area contributed by atoms with Gasteiger partial charge in [-0.3, -0.25) is 9.36 Å². The lowest BCUT2D eigenvalue weighted by Gasteiger charge is -2.34. The van der Waals surface area contributed by atoms with Crippen LogP contribution in [-0.2, 0) is 20.8 Å². The van der Waals surface area contributed by atoms with Crippen LogP contribution in [0.4, 0.5) is 0 Å². The van der Waals surface area contributed by atoms with Gasteiger partial charge in [-0.2, -0.15) is 0 Å². The van der Waals surface area contributed by atoms with Gasteiger partial charge in [0.15, 0.2) is 11.9 Å². The Labute approximate surface area is 151 Å². The molecule has 1 amide bonds. The Morgan fingerprint density at radius 1 is 1.12 bits per heavy atom. The number of piperidine rings is 1. The first-order valence-electron chi connectivity index (χ1n) is 9.32. The van der Waals surface area contributed by atoms with E-state index in [0.29, 0.717) is 44.1 Å². The van der Waals surface area contributed by atoms with Crippen molar-refractivity contribution in [1.82, 2.24) is 9.47 Å². The van der Waals surface area contributed by atoms with Gasteiger partial charge in [0, 0.05) is 32.0 Å². The van der Waals surface area contributed by atoms with Gasteiger partial charge in [-0.05, 0) is 31.4 Å². The number of ether oxygens (including phenoxy) is 2. The second-order valence-electron chi connectivity index (χ2n) is 6.92.